The topological polar surface area (TPSA) is 93.1 Å². The Morgan fingerprint density at radius 2 is 1.83 bits per heavy atom. The van der Waals surface area contributed by atoms with Crippen molar-refractivity contribution < 1.29 is 29.3 Å². The fraction of sp³-hybridized carbons (Fsp3) is 0.444. The highest BCUT2D eigenvalue weighted by Gasteiger charge is 2.47. The van der Waals surface area contributed by atoms with E-state index in [0.717, 1.165) is 12.7 Å². The minimum Gasteiger partial charge on any atom is -0.479 e. The smallest absolute Gasteiger partial charge is 0.340 e. The molecule has 6 nitrogen and oxygen atoms in total. The summed E-state index contributed by atoms with van der Waals surface area (Å²) in [5.41, 5.74) is -1.70. The lowest BCUT2D eigenvalue weighted by Gasteiger charge is -2.28. The van der Waals surface area contributed by atoms with Crippen LogP contribution >= 0.6 is 0 Å². The molecule has 0 amide bonds. The molecule has 0 spiro atoms. The van der Waals surface area contributed by atoms with Crippen LogP contribution in [-0.4, -0.2) is 41.0 Å². The number of carbonyl (C=O) groups excluding carboxylic acids is 1. The zero-order valence-electron chi connectivity index (χ0n) is 14.0. The summed E-state index contributed by atoms with van der Waals surface area (Å²) in [7, 11) is 1.12. The molecule has 0 bridgehead atoms. The van der Waals surface area contributed by atoms with Crippen molar-refractivity contribution in [3.05, 3.63) is 35.9 Å². The maximum absolute atomic E-state index is 11.6. The quantitative estimate of drug-likeness (QED) is 0.581. The van der Waals surface area contributed by atoms with Gasteiger partial charge in [-0.2, -0.15) is 0 Å². The van der Waals surface area contributed by atoms with E-state index in [4.69, 9.17) is 4.74 Å². The van der Waals surface area contributed by atoms with Crippen molar-refractivity contribution in [3.8, 4) is 11.8 Å². The molecular weight excluding hydrogens is 312 g/mol. The summed E-state index contributed by atoms with van der Waals surface area (Å²) in [4.78, 5) is 23.1. The van der Waals surface area contributed by atoms with E-state index < -0.39 is 30.1 Å². The molecule has 0 heterocycles. The molecule has 0 saturated carbocycles. The highest BCUT2D eigenvalue weighted by molar-refractivity contribution is 5.85. The molecule has 2 N–H and O–H groups in total. The van der Waals surface area contributed by atoms with Crippen LogP contribution in [0, 0.1) is 17.8 Å². The average molecular weight is 334 g/mol. The standard InChI is InChI=1S/C18H22O6/c1-13(2)9-10-15(24-12-14-7-5-4-6-8-14)18(22,17(20)21)11-16(19)23-3/h4-8,13,15,22H,11-12H2,1-3H3,(H,20,21). The first kappa shape index (κ1) is 19.7. The summed E-state index contributed by atoms with van der Waals surface area (Å²) in [6, 6.07) is 9.06. The summed E-state index contributed by atoms with van der Waals surface area (Å²) in [6.45, 7) is 3.69. The number of aliphatic hydroxyl groups is 1. The number of carbonyl (C=O) groups is 2. The van der Waals surface area contributed by atoms with Crippen molar-refractivity contribution in [3.63, 3.8) is 0 Å². The number of carboxylic acids is 1. The number of aliphatic carboxylic acids is 1. The van der Waals surface area contributed by atoms with Crippen LogP contribution in [0.2, 0.25) is 0 Å². The van der Waals surface area contributed by atoms with Gasteiger partial charge in [0.05, 0.1) is 20.1 Å². The number of benzene rings is 1. The van der Waals surface area contributed by atoms with Crippen LogP contribution in [0.1, 0.15) is 25.8 Å². The number of rotatable bonds is 7. The van der Waals surface area contributed by atoms with Crippen LogP contribution in [0.25, 0.3) is 0 Å². The molecule has 1 rings (SSSR count). The molecule has 0 fully saturated rings. The van der Waals surface area contributed by atoms with Gasteiger partial charge in [0.1, 0.15) is 0 Å². The van der Waals surface area contributed by atoms with E-state index in [-0.39, 0.29) is 12.5 Å². The average Bonchev–Trinajstić information content (AvgIpc) is 2.55. The molecule has 1 aromatic carbocycles. The SMILES string of the molecule is COC(=O)CC(O)(C(=O)O)C(C#CC(C)C)OCc1ccccc1. The van der Waals surface area contributed by atoms with E-state index in [1.807, 2.05) is 32.0 Å². The van der Waals surface area contributed by atoms with E-state index >= 15 is 0 Å². The Bertz CT molecular complexity index is 613. The van der Waals surface area contributed by atoms with Crippen molar-refractivity contribution in [2.75, 3.05) is 7.11 Å². The minimum absolute atomic E-state index is 0.0506. The Morgan fingerprint density at radius 3 is 2.33 bits per heavy atom. The summed E-state index contributed by atoms with van der Waals surface area (Å²) in [6.07, 6.45) is -2.14. The van der Waals surface area contributed by atoms with Gasteiger partial charge in [-0.15, -0.1) is 0 Å². The van der Waals surface area contributed by atoms with Gasteiger partial charge < -0.3 is 19.7 Å². The van der Waals surface area contributed by atoms with Gasteiger partial charge in [-0.05, 0) is 5.56 Å². The first-order chi connectivity index (χ1) is 11.3. The van der Waals surface area contributed by atoms with Crippen molar-refractivity contribution >= 4 is 11.9 Å². The van der Waals surface area contributed by atoms with E-state index in [1.54, 1.807) is 12.1 Å². The van der Waals surface area contributed by atoms with Crippen LogP contribution < -0.4 is 0 Å². The van der Waals surface area contributed by atoms with Gasteiger partial charge >= 0.3 is 11.9 Å². The van der Waals surface area contributed by atoms with Crippen LogP contribution in [0.15, 0.2) is 30.3 Å². The molecule has 2 atom stereocenters. The largest absolute Gasteiger partial charge is 0.479 e. The molecule has 0 aromatic heterocycles. The molecule has 130 valence electrons. The van der Waals surface area contributed by atoms with Crippen molar-refractivity contribution in [1.29, 1.82) is 0 Å². The predicted octanol–water partition coefficient (Wildman–Crippen LogP) is 1.61. The second-order valence-electron chi connectivity index (χ2n) is 5.60. The number of ether oxygens (including phenoxy) is 2. The summed E-state index contributed by atoms with van der Waals surface area (Å²) in [5.74, 6) is 2.91. The Hall–Kier alpha value is -2.36. The zero-order valence-corrected chi connectivity index (χ0v) is 14.0. The first-order valence-electron chi connectivity index (χ1n) is 7.48. The molecule has 2 unspecified atom stereocenters. The number of hydrogen-bond acceptors (Lipinski definition) is 5. The van der Waals surface area contributed by atoms with E-state index in [9.17, 15) is 19.8 Å². The van der Waals surface area contributed by atoms with Crippen LogP contribution in [-0.2, 0) is 25.7 Å². The minimum atomic E-state index is -2.50. The molecule has 0 saturated heterocycles. The number of methoxy groups -OCH3 is 1. The van der Waals surface area contributed by atoms with E-state index in [1.165, 1.54) is 0 Å². The third kappa shape index (κ3) is 5.69. The van der Waals surface area contributed by atoms with Crippen LogP contribution in [0.3, 0.4) is 0 Å². The van der Waals surface area contributed by atoms with E-state index in [2.05, 4.69) is 16.6 Å². The van der Waals surface area contributed by atoms with Gasteiger partial charge in [0.25, 0.3) is 0 Å². The number of esters is 1. The zero-order chi connectivity index (χ0) is 18.2. The first-order valence-corrected chi connectivity index (χ1v) is 7.48. The monoisotopic (exact) mass is 334 g/mol. The third-order valence-corrected chi connectivity index (χ3v) is 3.21. The highest BCUT2D eigenvalue weighted by atomic mass is 16.5. The third-order valence-electron chi connectivity index (χ3n) is 3.21. The van der Waals surface area contributed by atoms with Gasteiger partial charge in [0.15, 0.2) is 6.10 Å². The fourth-order valence-electron chi connectivity index (χ4n) is 1.87. The maximum atomic E-state index is 11.6. The second-order valence-corrected chi connectivity index (χ2v) is 5.60. The summed E-state index contributed by atoms with van der Waals surface area (Å²) in [5, 5.41) is 19.9. The molecule has 0 aliphatic rings. The molecule has 6 heteroatoms. The van der Waals surface area contributed by atoms with Gasteiger partial charge in [-0.25, -0.2) is 4.79 Å². The van der Waals surface area contributed by atoms with Crippen molar-refractivity contribution in [2.45, 2.75) is 38.6 Å². The Kier molecular flexibility index (Phi) is 7.43. The molecule has 0 aliphatic heterocycles. The summed E-state index contributed by atoms with van der Waals surface area (Å²) < 4.78 is 10.0. The van der Waals surface area contributed by atoms with Crippen molar-refractivity contribution in [1.82, 2.24) is 0 Å². The Balaban J connectivity index is 3.06. The van der Waals surface area contributed by atoms with Gasteiger partial charge in [-0.1, -0.05) is 56.0 Å². The van der Waals surface area contributed by atoms with Gasteiger partial charge in [-0.3, -0.25) is 4.79 Å². The highest BCUT2D eigenvalue weighted by Crippen LogP contribution is 2.21. The van der Waals surface area contributed by atoms with Gasteiger partial charge in [0.2, 0.25) is 5.60 Å². The predicted molar refractivity (Wildman–Crippen MR) is 86.9 cm³/mol. The molecule has 24 heavy (non-hydrogen) atoms. The number of hydrogen-bond donors (Lipinski definition) is 2. The molecule has 1 aromatic rings. The molecule has 0 radical (unpaired) electrons. The fourth-order valence-corrected chi connectivity index (χ4v) is 1.87. The molecule has 0 aliphatic carbocycles. The maximum Gasteiger partial charge on any atom is 0.340 e. The second kappa shape index (κ2) is 9.06. The lowest BCUT2D eigenvalue weighted by Crippen LogP contribution is -2.51. The molecular formula is C18H22O6. The normalized spacial score (nSPS) is 14.2. The van der Waals surface area contributed by atoms with Crippen LogP contribution in [0.4, 0.5) is 0 Å². The summed E-state index contributed by atoms with van der Waals surface area (Å²) >= 11 is 0. The number of carboxylic acid groups (broad SMARTS) is 1. The Labute approximate surface area is 141 Å². The lowest BCUT2D eigenvalue weighted by atomic mass is 9.92. The van der Waals surface area contributed by atoms with E-state index in [0.29, 0.717) is 0 Å². The Morgan fingerprint density at radius 1 is 1.21 bits per heavy atom. The van der Waals surface area contributed by atoms with Gasteiger partial charge in [0, 0.05) is 5.92 Å². The lowest BCUT2D eigenvalue weighted by molar-refractivity contribution is -0.179. The van der Waals surface area contributed by atoms with Crippen LogP contribution in [0.5, 0.6) is 0 Å². The van der Waals surface area contributed by atoms with Crippen molar-refractivity contribution in [2.24, 2.45) is 5.92 Å².